The molecular weight excluding hydrogens is 539 g/mol. The van der Waals surface area contributed by atoms with Gasteiger partial charge >= 0.3 is 0 Å². The maximum absolute atomic E-state index is 12.6. The molecule has 1 aliphatic rings. The minimum Gasteiger partial charge on any atom is -0.382 e. The number of carbonyl (C=O) groups excluding carboxylic acids is 1. The van der Waals surface area contributed by atoms with Crippen molar-refractivity contribution in [2.45, 2.75) is 19.1 Å². The van der Waals surface area contributed by atoms with E-state index in [1.165, 1.54) is 15.5 Å². The highest BCUT2D eigenvalue weighted by atomic mass is 127. The molecule has 1 fully saturated rings. The zero-order valence-corrected chi connectivity index (χ0v) is 21.5. The van der Waals surface area contributed by atoms with Crippen LogP contribution < -0.4 is 5.32 Å². The Morgan fingerprint density at radius 3 is 2.61 bits per heavy atom. The summed E-state index contributed by atoms with van der Waals surface area (Å²) in [5, 5.41) is 6.95. The number of carbonyl (C=O) groups is 1. The number of guanidine groups is 1. The van der Waals surface area contributed by atoms with Crippen molar-refractivity contribution in [3.63, 3.8) is 0 Å². The van der Waals surface area contributed by atoms with E-state index in [4.69, 9.17) is 9.26 Å². The maximum atomic E-state index is 12.6. The number of rotatable bonds is 10. The number of sulfonamides is 1. The molecule has 0 saturated carbocycles. The number of aromatic nitrogens is 1. The summed E-state index contributed by atoms with van der Waals surface area (Å²) in [7, 11) is -0.101. The van der Waals surface area contributed by atoms with Crippen LogP contribution >= 0.6 is 24.0 Å². The number of likely N-dealkylation sites (N-methyl/N-ethyl adjacent to an activating group) is 1. The van der Waals surface area contributed by atoms with Crippen molar-refractivity contribution in [3.8, 4) is 0 Å². The van der Waals surface area contributed by atoms with Crippen molar-refractivity contribution in [2.75, 3.05) is 66.6 Å². The highest BCUT2D eigenvalue weighted by Gasteiger charge is 2.29. The van der Waals surface area contributed by atoms with Crippen molar-refractivity contribution in [1.29, 1.82) is 0 Å². The summed E-state index contributed by atoms with van der Waals surface area (Å²) in [5.41, 5.74) is 0.387. The number of nitrogens with zero attached hydrogens (tertiary/aromatic N) is 5. The second kappa shape index (κ2) is 13.9. The van der Waals surface area contributed by atoms with E-state index in [2.05, 4.69) is 15.5 Å². The quantitative estimate of drug-likeness (QED) is 0.183. The third-order valence-corrected chi connectivity index (χ3v) is 6.38. The number of amides is 1. The second-order valence-electron chi connectivity index (χ2n) is 7.04. The van der Waals surface area contributed by atoms with Gasteiger partial charge in [0.05, 0.1) is 5.69 Å². The topological polar surface area (TPSA) is 121 Å². The van der Waals surface area contributed by atoms with Crippen LogP contribution in [-0.4, -0.2) is 106 Å². The fraction of sp³-hybridized carbons (Fsp3) is 0.722. The molecule has 0 atom stereocenters. The predicted molar refractivity (Wildman–Crippen MR) is 128 cm³/mol. The van der Waals surface area contributed by atoms with Gasteiger partial charge < -0.3 is 24.4 Å². The van der Waals surface area contributed by atoms with Gasteiger partial charge in [0.25, 0.3) is 0 Å². The lowest BCUT2D eigenvalue weighted by atomic mass is 10.3. The summed E-state index contributed by atoms with van der Waals surface area (Å²) < 4.78 is 36.7. The van der Waals surface area contributed by atoms with Crippen LogP contribution in [0.1, 0.15) is 19.0 Å². The highest BCUT2D eigenvalue weighted by Crippen LogP contribution is 2.13. The highest BCUT2D eigenvalue weighted by molar-refractivity contribution is 14.0. The summed E-state index contributed by atoms with van der Waals surface area (Å²) in [6, 6.07) is 1.55. The first kappa shape index (κ1) is 27.6. The van der Waals surface area contributed by atoms with Gasteiger partial charge in [-0.05, 0) is 13.3 Å². The van der Waals surface area contributed by atoms with E-state index >= 15 is 0 Å². The van der Waals surface area contributed by atoms with E-state index < -0.39 is 10.0 Å². The Labute approximate surface area is 201 Å². The first-order chi connectivity index (χ1) is 14.3. The Balaban J connectivity index is 0.00000480. The van der Waals surface area contributed by atoms with Crippen molar-refractivity contribution in [2.24, 2.45) is 4.99 Å². The Hall–Kier alpha value is -1.45. The van der Waals surface area contributed by atoms with E-state index in [1.807, 2.05) is 11.8 Å². The normalized spacial score (nSPS) is 15.5. The van der Waals surface area contributed by atoms with Crippen molar-refractivity contribution in [1.82, 2.24) is 24.6 Å². The fourth-order valence-electron chi connectivity index (χ4n) is 2.84. The van der Waals surface area contributed by atoms with Crippen LogP contribution in [-0.2, 0) is 25.3 Å². The first-order valence-electron chi connectivity index (χ1n) is 10.0. The molecule has 1 amide bonds. The lowest BCUT2D eigenvalue weighted by Crippen LogP contribution is -2.54. The minimum absolute atomic E-state index is 0. The number of piperazine rings is 1. The summed E-state index contributed by atoms with van der Waals surface area (Å²) in [5.74, 6) is 0.324. The molecule has 2 rings (SSSR count). The molecule has 0 spiro atoms. The molecule has 178 valence electrons. The summed E-state index contributed by atoms with van der Waals surface area (Å²) >= 11 is 0. The van der Waals surface area contributed by atoms with Crippen LogP contribution in [0.4, 0.5) is 0 Å². The van der Waals surface area contributed by atoms with Gasteiger partial charge in [-0.1, -0.05) is 5.16 Å². The zero-order chi connectivity index (χ0) is 22.0. The molecule has 11 nitrogen and oxygen atoms in total. The smallest absolute Gasteiger partial charge is 0.243 e. The number of halogens is 1. The maximum Gasteiger partial charge on any atom is 0.243 e. The van der Waals surface area contributed by atoms with Gasteiger partial charge in [0, 0.05) is 66.1 Å². The van der Waals surface area contributed by atoms with Gasteiger partial charge in [-0.3, -0.25) is 4.79 Å². The van der Waals surface area contributed by atoms with Crippen LogP contribution in [0.25, 0.3) is 0 Å². The Morgan fingerprint density at radius 1 is 1.32 bits per heavy atom. The molecule has 1 saturated heterocycles. The van der Waals surface area contributed by atoms with Crippen LogP contribution in [0.15, 0.2) is 21.8 Å². The van der Waals surface area contributed by atoms with E-state index in [0.29, 0.717) is 57.6 Å². The van der Waals surface area contributed by atoms with E-state index in [9.17, 15) is 13.2 Å². The molecule has 0 radical (unpaired) electrons. The average molecular weight is 572 g/mol. The summed E-state index contributed by atoms with van der Waals surface area (Å²) in [6.07, 6.45) is 2.16. The van der Waals surface area contributed by atoms with E-state index in [1.54, 1.807) is 20.2 Å². The van der Waals surface area contributed by atoms with Gasteiger partial charge in [0.2, 0.25) is 15.9 Å². The van der Waals surface area contributed by atoms with E-state index in [-0.39, 0.29) is 42.2 Å². The van der Waals surface area contributed by atoms with Crippen molar-refractivity contribution in [3.05, 3.63) is 18.0 Å². The van der Waals surface area contributed by atoms with Crippen molar-refractivity contribution < 1.29 is 22.5 Å². The number of hydrogen-bond donors (Lipinski definition) is 1. The van der Waals surface area contributed by atoms with Gasteiger partial charge in [0.1, 0.15) is 18.6 Å². The Morgan fingerprint density at radius 2 is 2.03 bits per heavy atom. The molecule has 0 unspecified atom stereocenters. The van der Waals surface area contributed by atoms with Crippen LogP contribution in [0.5, 0.6) is 0 Å². The van der Waals surface area contributed by atoms with Gasteiger partial charge in [0.15, 0.2) is 5.96 Å². The standard InChI is InChI=1S/C18H32N6O5S.HI/c1-4-28-12-5-7-19-18(20-14-17(25)22(2)3)23-8-10-24(11-9-23)30(26,27)15-16-6-13-29-21-16;/h6,13H,4-5,7-12,14-15H2,1-3H3,(H,19,20);1H. The lowest BCUT2D eigenvalue weighted by molar-refractivity contribution is -0.127. The largest absolute Gasteiger partial charge is 0.382 e. The SMILES string of the molecule is CCOCCCNC(=NCC(=O)N(C)C)N1CCN(S(=O)(=O)Cc2ccon2)CC1.I. The third kappa shape index (κ3) is 9.29. The molecule has 31 heavy (non-hydrogen) atoms. The number of ether oxygens (including phenoxy) is 1. The molecule has 0 aromatic carbocycles. The van der Waals surface area contributed by atoms with Crippen molar-refractivity contribution >= 4 is 45.9 Å². The first-order valence-corrected chi connectivity index (χ1v) is 11.6. The van der Waals surface area contributed by atoms with Crippen LogP contribution in [0, 0.1) is 0 Å². The zero-order valence-electron chi connectivity index (χ0n) is 18.3. The molecule has 1 N–H and O–H groups in total. The minimum atomic E-state index is -3.47. The van der Waals surface area contributed by atoms with E-state index in [0.717, 1.165) is 6.42 Å². The summed E-state index contributed by atoms with van der Waals surface area (Å²) in [4.78, 5) is 19.8. The average Bonchev–Trinajstić information content (AvgIpc) is 3.22. The van der Waals surface area contributed by atoms with Crippen LogP contribution in [0.2, 0.25) is 0 Å². The molecule has 2 heterocycles. The molecule has 1 aromatic rings. The predicted octanol–water partition coefficient (Wildman–Crippen LogP) is 0.200. The van der Waals surface area contributed by atoms with Gasteiger partial charge in [-0.15, -0.1) is 24.0 Å². The Kier molecular flexibility index (Phi) is 12.3. The lowest BCUT2D eigenvalue weighted by Gasteiger charge is -2.35. The Bertz CT molecular complexity index is 779. The monoisotopic (exact) mass is 572 g/mol. The molecule has 0 aliphatic carbocycles. The molecule has 1 aliphatic heterocycles. The number of hydrogen-bond acceptors (Lipinski definition) is 7. The van der Waals surface area contributed by atoms with Gasteiger partial charge in [-0.2, -0.15) is 4.31 Å². The number of nitrogens with one attached hydrogen (secondary N) is 1. The van der Waals surface area contributed by atoms with Gasteiger partial charge in [-0.25, -0.2) is 13.4 Å². The number of aliphatic imine (C=N–C) groups is 1. The molecule has 1 aromatic heterocycles. The van der Waals surface area contributed by atoms with Crippen LogP contribution in [0.3, 0.4) is 0 Å². The second-order valence-corrected chi connectivity index (χ2v) is 9.01. The fourth-order valence-corrected chi connectivity index (χ4v) is 4.26. The molecule has 0 bridgehead atoms. The summed E-state index contributed by atoms with van der Waals surface area (Å²) in [6.45, 7) is 5.57. The molecule has 13 heteroatoms. The third-order valence-electron chi connectivity index (χ3n) is 4.57. The molecular formula is C18H33IN6O5S.